The van der Waals surface area contributed by atoms with Crippen molar-refractivity contribution < 1.29 is 19.4 Å². The molecule has 0 saturated carbocycles. The van der Waals surface area contributed by atoms with Gasteiger partial charge in [-0.3, -0.25) is 4.79 Å². The van der Waals surface area contributed by atoms with E-state index in [9.17, 15) is 9.59 Å². The fourth-order valence-electron chi connectivity index (χ4n) is 1.40. The molecule has 1 aromatic carbocycles. The van der Waals surface area contributed by atoms with Gasteiger partial charge < -0.3 is 9.84 Å². The van der Waals surface area contributed by atoms with E-state index in [-0.39, 0.29) is 12.5 Å². The van der Waals surface area contributed by atoms with Gasteiger partial charge in [-0.2, -0.15) is 0 Å². The summed E-state index contributed by atoms with van der Waals surface area (Å²) in [4.78, 5) is 22.3. The predicted molar refractivity (Wildman–Crippen MR) is 58.0 cm³/mol. The van der Waals surface area contributed by atoms with Crippen LogP contribution in [0, 0.1) is 0 Å². The number of carbonyl (C=O) groups excluding carboxylic acids is 2. The van der Waals surface area contributed by atoms with Crippen molar-refractivity contribution in [3.63, 3.8) is 0 Å². The Morgan fingerprint density at radius 3 is 2.56 bits per heavy atom. The largest absolute Gasteiger partial charge is 0.396 e. The highest BCUT2D eigenvalue weighted by Gasteiger charge is 2.17. The Morgan fingerprint density at radius 1 is 1.38 bits per heavy atom. The van der Waals surface area contributed by atoms with Gasteiger partial charge in [0, 0.05) is 19.4 Å². The van der Waals surface area contributed by atoms with E-state index in [4.69, 9.17) is 5.11 Å². The number of aliphatic hydroxyl groups excluding tert-OH is 1. The number of hydrogen-bond donors (Lipinski definition) is 1. The van der Waals surface area contributed by atoms with Crippen molar-refractivity contribution in [2.75, 3.05) is 6.61 Å². The second-order valence-electron chi connectivity index (χ2n) is 3.55. The molecule has 0 radical (unpaired) electrons. The number of hydrogen-bond acceptors (Lipinski definition) is 4. The van der Waals surface area contributed by atoms with E-state index >= 15 is 0 Å². The lowest BCUT2D eigenvalue weighted by Gasteiger charge is -2.12. The third-order valence-electron chi connectivity index (χ3n) is 2.22. The molecule has 1 atom stereocenters. The summed E-state index contributed by atoms with van der Waals surface area (Å²) in [5.41, 5.74) is 0.996. The Morgan fingerprint density at radius 2 is 2.00 bits per heavy atom. The number of carbonyl (C=O) groups is 2. The van der Waals surface area contributed by atoms with E-state index in [1.807, 2.05) is 0 Å². The molecule has 1 N–H and O–H groups in total. The highest BCUT2D eigenvalue weighted by Crippen LogP contribution is 2.20. The van der Waals surface area contributed by atoms with E-state index in [0.29, 0.717) is 11.1 Å². The van der Waals surface area contributed by atoms with E-state index in [1.165, 1.54) is 6.92 Å². The average Bonchev–Trinajstić information content (AvgIpc) is 2.27. The summed E-state index contributed by atoms with van der Waals surface area (Å²) in [6, 6.07) is 6.76. The first kappa shape index (κ1) is 12.4. The summed E-state index contributed by atoms with van der Waals surface area (Å²) in [7, 11) is 0. The van der Waals surface area contributed by atoms with Gasteiger partial charge in [-0.1, -0.05) is 25.1 Å². The molecule has 1 rings (SSSR count). The van der Waals surface area contributed by atoms with Crippen LogP contribution in [-0.2, 0) is 9.53 Å². The molecule has 0 aliphatic heterocycles. The second-order valence-corrected chi connectivity index (χ2v) is 3.55. The Bertz CT molecular complexity index is 398. The quantitative estimate of drug-likeness (QED) is 0.621. The molecule has 0 saturated heterocycles. The molecule has 0 aliphatic rings. The van der Waals surface area contributed by atoms with Crippen molar-refractivity contribution in [1.82, 2.24) is 0 Å². The smallest absolute Gasteiger partial charge is 0.346 e. The molecule has 4 nitrogen and oxygen atoms in total. The van der Waals surface area contributed by atoms with Crippen LogP contribution in [0.25, 0.3) is 0 Å². The predicted octanol–water partition coefficient (Wildman–Crippen LogP) is 1.49. The summed E-state index contributed by atoms with van der Waals surface area (Å²) >= 11 is 0. The zero-order chi connectivity index (χ0) is 12.1. The Hall–Kier alpha value is -1.68. The molecular formula is C12H14O4. The van der Waals surface area contributed by atoms with Crippen LogP contribution in [0.1, 0.15) is 35.7 Å². The minimum Gasteiger partial charge on any atom is -0.396 e. The summed E-state index contributed by atoms with van der Waals surface area (Å²) in [5, 5.41) is 9.06. The van der Waals surface area contributed by atoms with Crippen molar-refractivity contribution >= 4 is 11.9 Å². The van der Waals surface area contributed by atoms with Crippen LogP contribution >= 0.6 is 0 Å². The van der Waals surface area contributed by atoms with Gasteiger partial charge in [0.2, 0.25) is 0 Å². The molecular weight excluding hydrogens is 208 g/mol. The van der Waals surface area contributed by atoms with Crippen LogP contribution in [0.2, 0.25) is 0 Å². The lowest BCUT2D eigenvalue weighted by Crippen LogP contribution is -2.13. The maximum atomic E-state index is 11.6. The van der Waals surface area contributed by atoms with Crippen LogP contribution in [0.4, 0.5) is 0 Å². The Kier molecular flexibility index (Phi) is 4.19. The summed E-state index contributed by atoms with van der Waals surface area (Å²) in [6.45, 7) is 2.90. The van der Waals surface area contributed by atoms with Crippen LogP contribution in [0.15, 0.2) is 24.3 Å². The molecule has 0 fully saturated rings. The van der Waals surface area contributed by atoms with Gasteiger partial charge in [0.25, 0.3) is 0 Å². The van der Waals surface area contributed by atoms with Crippen LogP contribution in [-0.4, -0.2) is 23.7 Å². The molecule has 0 heterocycles. The van der Waals surface area contributed by atoms with Crippen LogP contribution < -0.4 is 0 Å². The van der Waals surface area contributed by atoms with Gasteiger partial charge in [-0.15, -0.1) is 0 Å². The lowest BCUT2D eigenvalue weighted by atomic mass is 9.96. The molecule has 4 heteroatoms. The maximum absolute atomic E-state index is 11.6. The topological polar surface area (TPSA) is 63.6 Å². The molecule has 0 aromatic heterocycles. The molecule has 0 bridgehead atoms. The van der Waals surface area contributed by atoms with Crippen molar-refractivity contribution in [2.45, 2.75) is 19.8 Å². The summed E-state index contributed by atoms with van der Waals surface area (Å²) in [6.07, 6.45) is 0. The van der Waals surface area contributed by atoms with Gasteiger partial charge in [0.1, 0.15) is 0 Å². The normalized spacial score (nSPS) is 11.9. The fraction of sp³-hybridized carbons (Fsp3) is 0.333. The average molecular weight is 222 g/mol. The number of rotatable bonds is 3. The fourth-order valence-corrected chi connectivity index (χ4v) is 1.40. The van der Waals surface area contributed by atoms with E-state index < -0.39 is 11.9 Å². The monoisotopic (exact) mass is 222 g/mol. The highest BCUT2D eigenvalue weighted by atomic mass is 16.6. The molecule has 0 amide bonds. The van der Waals surface area contributed by atoms with E-state index in [0.717, 1.165) is 0 Å². The molecule has 1 aromatic rings. The molecule has 16 heavy (non-hydrogen) atoms. The first-order valence-electron chi connectivity index (χ1n) is 4.98. The van der Waals surface area contributed by atoms with Gasteiger partial charge in [0.15, 0.2) is 0 Å². The van der Waals surface area contributed by atoms with Crippen molar-refractivity contribution in [1.29, 1.82) is 0 Å². The Balaban J connectivity index is 3.03. The molecule has 86 valence electrons. The lowest BCUT2D eigenvalue weighted by molar-refractivity contribution is -0.135. The molecule has 0 aliphatic carbocycles. The first-order valence-corrected chi connectivity index (χ1v) is 4.98. The highest BCUT2D eigenvalue weighted by molar-refractivity contribution is 5.97. The molecule has 0 spiro atoms. The van der Waals surface area contributed by atoms with Crippen molar-refractivity contribution in [3.8, 4) is 0 Å². The van der Waals surface area contributed by atoms with Gasteiger partial charge in [-0.25, -0.2) is 4.79 Å². The maximum Gasteiger partial charge on any atom is 0.346 e. The zero-order valence-corrected chi connectivity index (χ0v) is 9.27. The van der Waals surface area contributed by atoms with Gasteiger partial charge >= 0.3 is 11.9 Å². The Labute approximate surface area is 93.9 Å². The zero-order valence-electron chi connectivity index (χ0n) is 9.27. The third-order valence-corrected chi connectivity index (χ3v) is 2.22. The molecule has 1 unspecified atom stereocenters. The van der Waals surface area contributed by atoms with Gasteiger partial charge in [-0.05, 0) is 11.6 Å². The van der Waals surface area contributed by atoms with Crippen LogP contribution in [0.3, 0.4) is 0 Å². The van der Waals surface area contributed by atoms with E-state index in [1.54, 1.807) is 31.2 Å². The number of esters is 2. The summed E-state index contributed by atoms with van der Waals surface area (Å²) in [5.74, 6) is -1.49. The standard InChI is InChI=1S/C12H14O4/c1-8(7-13)10-5-3-4-6-11(10)12(15)16-9(2)14/h3-6,8,13H,7H2,1-2H3. The number of aliphatic hydroxyl groups is 1. The third kappa shape index (κ3) is 2.90. The SMILES string of the molecule is CC(=O)OC(=O)c1ccccc1C(C)CO. The van der Waals surface area contributed by atoms with Crippen molar-refractivity contribution in [3.05, 3.63) is 35.4 Å². The minimum atomic E-state index is -0.677. The minimum absolute atomic E-state index is 0.0651. The summed E-state index contributed by atoms with van der Waals surface area (Å²) < 4.78 is 4.51. The second kappa shape index (κ2) is 5.42. The van der Waals surface area contributed by atoms with Crippen molar-refractivity contribution in [2.24, 2.45) is 0 Å². The van der Waals surface area contributed by atoms with E-state index in [2.05, 4.69) is 4.74 Å². The number of benzene rings is 1. The number of ether oxygens (including phenoxy) is 1. The first-order chi connectivity index (χ1) is 7.56. The van der Waals surface area contributed by atoms with Crippen LogP contribution in [0.5, 0.6) is 0 Å². The van der Waals surface area contributed by atoms with Gasteiger partial charge in [0.05, 0.1) is 5.56 Å².